The summed E-state index contributed by atoms with van der Waals surface area (Å²) in [7, 11) is 0. The van der Waals surface area contributed by atoms with Crippen molar-refractivity contribution in [2.75, 3.05) is 6.54 Å². The fourth-order valence-corrected chi connectivity index (χ4v) is 4.17. The first-order valence-electron chi connectivity index (χ1n) is 8.82. The van der Waals surface area contributed by atoms with Crippen molar-refractivity contribution in [2.45, 2.75) is 77.2 Å². The lowest BCUT2D eigenvalue weighted by Crippen LogP contribution is -2.37. The van der Waals surface area contributed by atoms with Crippen LogP contribution in [0.1, 0.15) is 76.4 Å². The lowest BCUT2D eigenvalue weighted by Gasteiger charge is -2.22. The molecule has 118 valence electrons. The quantitative estimate of drug-likeness (QED) is 0.868. The summed E-state index contributed by atoms with van der Waals surface area (Å²) in [6.45, 7) is 5.52. The van der Waals surface area contributed by atoms with E-state index in [0.717, 1.165) is 36.5 Å². The minimum Gasteiger partial charge on any atom is -0.339 e. The van der Waals surface area contributed by atoms with Gasteiger partial charge in [-0.3, -0.25) is 0 Å². The average Bonchev–Trinajstić information content (AvgIpc) is 3.18. The van der Waals surface area contributed by atoms with E-state index in [2.05, 4.69) is 24.3 Å². The number of nitrogens with one attached hydrogen (secondary N) is 1. The van der Waals surface area contributed by atoms with E-state index in [4.69, 9.17) is 9.51 Å². The maximum Gasteiger partial charge on any atom is 0.228 e. The van der Waals surface area contributed by atoms with Crippen molar-refractivity contribution in [1.82, 2.24) is 15.5 Å². The molecular formula is C17H29N3O. The highest BCUT2D eigenvalue weighted by molar-refractivity contribution is 5.00. The molecule has 3 atom stereocenters. The monoisotopic (exact) mass is 291 g/mol. The van der Waals surface area contributed by atoms with E-state index < -0.39 is 0 Å². The molecule has 0 bridgehead atoms. The second kappa shape index (κ2) is 6.91. The van der Waals surface area contributed by atoms with Crippen LogP contribution in [0, 0.1) is 11.8 Å². The Kier molecular flexibility index (Phi) is 4.94. The molecule has 4 heteroatoms. The van der Waals surface area contributed by atoms with Gasteiger partial charge in [-0.1, -0.05) is 31.8 Å². The molecule has 1 aromatic rings. The van der Waals surface area contributed by atoms with E-state index in [9.17, 15) is 0 Å². The number of likely N-dealkylation sites (N-methyl/N-ethyl adjacent to an activating group) is 1. The summed E-state index contributed by atoms with van der Waals surface area (Å²) in [6.07, 6.45) is 10.1. The van der Waals surface area contributed by atoms with Crippen molar-refractivity contribution in [1.29, 1.82) is 0 Å². The molecule has 3 rings (SSSR count). The predicted molar refractivity (Wildman–Crippen MR) is 83.2 cm³/mol. The van der Waals surface area contributed by atoms with Crippen LogP contribution in [0.3, 0.4) is 0 Å². The summed E-state index contributed by atoms with van der Waals surface area (Å²) >= 11 is 0. The standard InChI is InChI=1S/C17H29N3O/c1-3-18-15(13-6-4-5-7-13)11-16-19-17(20-21-16)14-9-8-12(2)10-14/h12-15,18H,3-11H2,1-2H3. The number of hydrogen-bond acceptors (Lipinski definition) is 4. The molecule has 2 aliphatic carbocycles. The summed E-state index contributed by atoms with van der Waals surface area (Å²) in [5, 5.41) is 7.89. The second-order valence-electron chi connectivity index (χ2n) is 7.07. The van der Waals surface area contributed by atoms with Crippen LogP contribution in [-0.2, 0) is 6.42 Å². The van der Waals surface area contributed by atoms with Gasteiger partial charge in [0.1, 0.15) is 0 Å². The van der Waals surface area contributed by atoms with Crippen LogP contribution < -0.4 is 5.32 Å². The summed E-state index contributed by atoms with van der Waals surface area (Å²) in [5.41, 5.74) is 0. The predicted octanol–water partition coefficient (Wildman–Crippen LogP) is 3.68. The molecule has 0 saturated heterocycles. The molecule has 1 aromatic heterocycles. The molecule has 0 spiro atoms. The van der Waals surface area contributed by atoms with Gasteiger partial charge in [-0.25, -0.2) is 0 Å². The minimum atomic E-state index is 0.508. The average molecular weight is 291 g/mol. The minimum absolute atomic E-state index is 0.508. The SMILES string of the molecule is CCNC(Cc1nc(C2CCC(C)C2)no1)C1CCCC1. The first-order valence-corrected chi connectivity index (χ1v) is 8.82. The molecule has 0 aliphatic heterocycles. The van der Waals surface area contributed by atoms with Gasteiger partial charge in [0.15, 0.2) is 5.82 Å². The second-order valence-corrected chi connectivity index (χ2v) is 7.07. The summed E-state index contributed by atoms with van der Waals surface area (Å²) in [5.74, 6) is 3.91. The van der Waals surface area contributed by atoms with Crippen molar-refractivity contribution in [2.24, 2.45) is 11.8 Å². The van der Waals surface area contributed by atoms with Gasteiger partial charge in [0.05, 0.1) is 0 Å². The third-order valence-electron chi connectivity index (χ3n) is 5.37. The van der Waals surface area contributed by atoms with Crippen molar-refractivity contribution in [3.63, 3.8) is 0 Å². The first kappa shape index (κ1) is 15.0. The van der Waals surface area contributed by atoms with Crippen LogP contribution in [0.2, 0.25) is 0 Å². The lowest BCUT2D eigenvalue weighted by atomic mass is 9.95. The van der Waals surface area contributed by atoms with Crippen LogP contribution in [-0.4, -0.2) is 22.7 Å². The molecule has 0 aromatic carbocycles. The topological polar surface area (TPSA) is 51.0 Å². The van der Waals surface area contributed by atoms with Gasteiger partial charge in [-0.05, 0) is 50.5 Å². The molecule has 4 nitrogen and oxygen atoms in total. The Labute approximate surface area is 128 Å². The van der Waals surface area contributed by atoms with Gasteiger partial charge in [0, 0.05) is 18.4 Å². The number of rotatable bonds is 6. The Balaban J connectivity index is 1.61. The Morgan fingerprint density at radius 3 is 2.71 bits per heavy atom. The smallest absolute Gasteiger partial charge is 0.228 e. The van der Waals surface area contributed by atoms with Crippen LogP contribution in [0.4, 0.5) is 0 Å². The summed E-state index contributed by atoms with van der Waals surface area (Å²) < 4.78 is 5.55. The third kappa shape index (κ3) is 3.65. The van der Waals surface area contributed by atoms with Crippen molar-refractivity contribution < 1.29 is 4.52 Å². The number of aromatic nitrogens is 2. The van der Waals surface area contributed by atoms with Crippen LogP contribution in [0.15, 0.2) is 4.52 Å². The van der Waals surface area contributed by atoms with Gasteiger partial charge in [0.25, 0.3) is 0 Å². The Hall–Kier alpha value is -0.900. The fourth-order valence-electron chi connectivity index (χ4n) is 4.17. The van der Waals surface area contributed by atoms with E-state index in [-0.39, 0.29) is 0 Å². The number of hydrogen-bond donors (Lipinski definition) is 1. The molecular weight excluding hydrogens is 262 g/mol. The van der Waals surface area contributed by atoms with Crippen molar-refractivity contribution in [3.8, 4) is 0 Å². The maximum atomic E-state index is 5.55. The Bertz CT molecular complexity index is 439. The number of nitrogens with zero attached hydrogens (tertiary/aromatic N) is 2. The zero-order valence-electron chi connectivity index (χ0n) is 13.5. The Morgan fingerprint density at radius 1 is 1.24 bits per heavy atom. The largest absolute Gasteiger partial charge is 0.339 e. The van der Waals surface area contributed by atoms with Gasteiger partial charge < -0.3 is 9.84 Å². The molecule has 2 saturated carbocycles. The highest BCUT2D eigenvalue weighted by Crippen LogP contribution is 2.36. The molecule has 21 heavy (non-hydrogen) atoms. The maximum absolute atomic E-state index is 5.55. The van der Waals surface area contributed by atoms with Gasteiger partial charge in [-0.15, -0.1) is 0 Å². The zero-order chi connectivity index (χ0) is 14.7. The highest BCUT2D eigenvalue weighted by atomic mass is 16.5. The van der Waals surface area contributed by atoms with Gasteiger partial charge >= 0.3 is 0 Å². The van der Waals surface area contributed by atoms with E-state index in [0.29, 0.717) is 12.0 Å². The first-order chi connectivity index (χ1) is 10.3. The molecule has 2 fully saturated rings. The third-order valence-corrected chi connectivity index (χ3v) is 5.37. The molecule has 0 amide bonds. The van der Waals surface area contributed by atoms with Gasteiger partial charge in [0.2, 0.25) is 5.89 Å². The molecule has 1 heterocycles. The van der Waals surface area contributed by atoms with E-state index in [1.807, 2.05) is 0 Å². The molecule has 0 radical (unpaired) electrons. The lowest BCUT2D eigenvalue weighted by molar-refractivity contribution is 0.309. The molecule has 2 aliphatic rings. The fraction of sp³-hybridized carbons (Fsp3) is 0.882. The van der Waals surface area contributed by atoms with Crippen LogP contribution >= 0.6 is 0 Å². The van der Waals surface area contributed by atoms with E-state index >= 15 is 0 Å². The van der Waals surface area contributed by atoms with Crippen LogP contribution in [0.25, 0.3) is 0 Å². The zero-order valence-corrected chi connectivity index (χ0v) is 13.5. The van der Waals surface area contributed by atoms with Crippen molar-refractivity contribution >= 4 is 0 Å². The molecule has 1 N–H and O–H groups in total. The Morgan fingerprint density at radius 2 is 2.05 bits per heavy atom. The highest BCUT2D eigenvalue weighted by Gasteiger charge is 2.29. The normalized spacial score (nSPS) is 28.3. The van der Waals surface area contributed by atoms with E-state index in [1.54, 1.807) is 0 Å². The van der Waals surface area contributed by atoms with E-state index in [1.165, 1.54) is 44.9 Å². The van der Waals surface area contributed by atoms with Crippen LogP contribution in [0.5, 0.6) is 0 Å². The molecule has 3 unspecified atom stereocenters. The van der Waals surface area contributed by atoms with Gasteiger partial charge in [-0.2, -0.15) is 4.98 Å². The summed E-state index contributed by atoms with van der Waals surface area (Å²) in [4.78, 5) is 4.70. The summed E-state index contributed by atoms with van der Waals surface area (Å²) in [6, 6.07) is 0.508. The van der Waals surface area contributed by atoms with Crippen molar-refractivity contribution in [3.05, 3.63) is 11.7 Å².